The molecule has 4 N–H and O–H groups in total. The lowest BCUT2D eigenvalue weighted by molar-refractivity contribution is 0.0601. The number of esters is 1. The van der Waals surface area contributed by atoms with Crippen LogP contribution in [0, 0.1) is 0 Å². The average Bonchev–Trinajstić information content (AvgIpc) is 2.55. The number of methoxy groups -OCH3 is 1. The van der Waals surface area contributed by atoms with Gasteiger partial charge in [0.2, 0.25) is 0 Å². The molecule has 23 heavy (non-hydrogen) atoms. The zero-order valence-corrected chi connectivity index (χ0v) is 13.1. The van der Waals surface area contributed by atoms with Crippen LogP contribution in [0.2, 0.25) is 0 Å². The van der Waals surface area contributed by atoms with Crippen molar-refractivity contribution in [2.75, 3.05) is 7.11 Å². The predicted octanol–water partition coefficient (Wildman–Crippen LogP) is 2.01. The van der Waals surface area contributed by atoms with E-state index >= 15 is 0 Å². The van der Waals surface area contributed by atoms with Gasteiger partial charge in [0.1, 0.15) is 5.75 Å². The molecule has 6 nitrogen and oxygen atoms in total. The molecular formula is C16H15N3O3S. The van der Waals surface area contributed by atoms with Crippen LogP contribution in [0.15, 0.2) is 47.6 Å². The lowest BCUT2D eigenvalue weighted by atomic mass is 10.0. The minimum Gasteiger partial charge on any atom is -0.507 e. The van der Waals surface area contributed by atoms with Gasteiger partial charge in [-0.05, 0) is 47.6 Å². The second kappa shape index (κ2) is 7.37. The van der Waals surface area contributed by atoms with Crippen LogP contribution in [0.5, 0.6) is 5.75 Å². The van der Waals surface area contributed by atoms with Gasteiger partial charge in [0.25, 0.3) is 0 Å². The number of ether oxygens (including phenoxy) is 1. The lowest BCUT2D eigenvalue weighted by Gasteiger charge is -2.07. The van der Waals surface area contributed by atoms with E-state index in [-0.39, 0.29) is 10.9 Å². The molecular weight excluding hydrogens is 314 g/mol. The third kappa shape index (κ3) is 4.27. The summed E-state index contributed by atoms with van der Waals surface area (Å²) in [7, 11) is 1.33. The van der Waals surface area contributed by atoms with Crippen LogP contribution in [0.3, 0.4) is 0 Å². The number of hydrazone groups is 1. The minimum absolute atomic E-state index is 0.0303. The van der Waals surface area contributed by atoms with Crippen LogP contribution in [-0.4, -0.2) is 29.5 Å². The van der Waals surface area contributed by atoms with Crippen LogP contribution in [0.25, 0.3) is 11.1 Å². The number of nitrogens with two attached hydrogens (primary N) is 1. The largest absolute Gasteiger partial charge is 0.507 e. The van der Waals surface area contributed by atoms with Crippen molar-refractivity contribution in [3.63, 3.8) is 0 Å². The summed E-state index contributed by atoms with van der Waals surface area (Å²) in [5.41, 5.74) is 10.2. The van der Waals surface area contributed by atoms with Crippen LogP contribution in [0.1, 0.15) is 15.9 Å². The summed E-state index contributed by atoms with van der Waals surface area (Å²) in [6.45, 7) is 0. The van der Waals surface area contributed by atoms with Gasteiger partial charge in [-0.15, -0.1) is 0 Å². The first-order valence-corrected chi connectivity index (χ1v) is 7.02. The number of thiocarbonyl (C=S) groups is 1. The van der Waals surface area contributed by atoms with Gasteiger partial charge in [-0.2, -0.15) is 5.10 Å². The molecule has 0 aromatic heterocycles. The molecule has 0 aliphatic rings. The number of aromatic hydroxyl groups is 1. The first-order valence-electron chi connectivity index (χ1n) is 6.61. The van der Waals surface area contributed by atoms with E-state index in [0.717, 1.165) is 11.1 Å². The van der Waals surface area contributed by atoms with E-state index in [2.05, 4.69) is 22.7 Å². The Morgan fingerprint density at radius 1 is 1.30 bits per heavy atom. The van der Waals surface area contributed by atoms with Crippen LogP contribution in [0.4, 0.5) is 0 Å². The molecule has 0 fully saturated rings. The van der Waals surface area contributed by atoms with E-state index in [0.29, 0.717) is 11.1 Å². The Morgan fingerprint density at radius 3 is 2.74 bits per heavy atom. The summed E-state index contributed by atoms with van der Waals surface area (Å²) in [6, 6.07) is 12.0. The molecule has 0 aliphatic carbocycles. The highest BCUT2D eigenvalue weighted by molar-refractivity contribution is 7.80. The fraction of sp³-hybridized carbons (Fsp3) is 0.0625. The quantitative estimate of drug-likeness (QED) is 0.344. The number of nitrogens with one attached hydrogen (secondary N) is 1. The normalized spacial score (nSPS) is 10.5. The van der Waals surface area contributed by atoms with Gasteiger partial charge in [0, 0.05) is 5.56 Å². The highest BCUT2D eigenvalue weighted by atomic mass is 32.1. The molecule has 0 amide bonds. The van der Waals surface area contributed by atoms with Gasteiger partial charge in [-0.3, -0.25) is 5.43 Å². The third-order valence-electron chi connectivity index (χ3n) is 3.02. The van der Waals surface area contributed by atoms with Crippen LogP contribution >= 0.6 is 12.2 Å². The summed E-state index contributed by atoms with van der Waals surface area (Å²) in [4.78, 5) is 11.6. The molecule has 0 saturated carbocycles. The van der Waals surface area contributed by atoms with Gasteiger partial charge in [-0.1, -0.05) is 18.2 Å². The first kappa shape index (κ1) is 16.4. The topological polar surface area (TPSA) is 96.9 Å². The van der Waals surface area contributed by atoms with E-state index in [1.165, 1.54) is 13.3 Å². The Balaban J connectivity index is 2.35. The molecule has 2 aromatic carbocycles. The molecule has 0 atom stereocenters. The highest BCUT2D eigenvalue weighted by Gasteiger charge is 2.08. The van der Waals surface area contributed by atoms with E-state index in [4.69, 9.17) is 10.5 Å². The summed E-state index contributed by atoms with van der Waals surface area (Å²) in [6.07, 6.45) is 1.40. The number of carbonyl (C=O) groups excluding carboxylic acids is 1. The summed E-state index contributed by atoms with van der Waals surface area (Å²) >= 11 is 4.64. The van der Waals surface area contributed by atoms with Crippen molar-refractivity contribution in [2.45, 2.75) is 0 Å². The number of rotatable bonds is 4. The van der Waals surface area contributed by atoms with Crippen LogP contribution < -0.4 is 11.2 Å². The molecule has 0 radical (unpaired) electrons. The fourth-order valence-corrected chi connectivity index (χ4v) is 2.00. The zero-order valence-electron chi connectivity index (χ0n) is 12.3. The Labute approximate surface area is 138 Å². The van der Waals surface area contributed by atoms with Gasteiger partial charge < -0.3 is 15.6 Å². The first-order chi connectivity index (χ1) is 11.0. The lowest BCUT2D eigenvalue weighted by Crippen LogP contribution is -2.23. The maximum absolute atomic E-state index is 11.6. The highest BCUT2D eigenvalue weighted by Crippen LogP contribution is 2.26. The molecule has 0 spiro atoms. The number of hydrogen-bond acceptors (Lipinski definition) is 5. The fourth-order valence-electron chi connectivity index (χ4n) is 1.95. The number of phenols is 1. The van der Waals surface area contributed by atoms with E-state index in [9.17, 15) is 9.90 Å². The standard InChI is InChI=1S/C16H15N3O3S/c1-22-15(21)12-4-2-3-10(7-12)11-5-6-14(20)13(8-11)9-18-19-16(17)23/h2-9,20H,1H3,(H3,17,19,23)/b18-9+. The number of benzene rings is 2. The van der Waals surface area contributed by atoms with Crippen LogP contribution in [-0.2, 0) is 4.74 Å². The second-order valence-electron chi connectivity index (χ2n) is 4.58. The SMILES string of the molecule is COC(=O)c1cccc(-c2ccc(O)c(/C=N/NC(N)=S)c2)c1. The Kier molecular flexibility index (Phi) is 5.27. The molecule has 118 valence electrons. The molecule has 0 unspecified atom stereocenters. The second-order valence-corrected chi connectivity index (χ2v) is 5.02. The number of nitrogens with zero attached hydrogens (tertiary/aromatic N) is 1. The molecule has 2 aromatic rings. The third-order valence-corrected chi connectivity index (χ3v) is 3.11. The van der Waals surface area contributed by atoms with Crippen molar-refractivity contribution in [1.82, 2.24) is 5.43 Å². The van der Waals surface area contributed by atoms with Gasteiger partial charge in [0.05, 0.1) is 18.9 Å². The zero-order chi connectivity index (χ0) is 16.8. The average molecular weight is 329 g/mol. The Bertz CT molecular complexity index is 775. The van der Waals surface area contributed by atoms with Crippen molar-refractivity contribution in [1.29, 1.82) is 0 Å². The van der Waals surface area contributed by atoms with Crippen molar-refractivity contribution in [2.24, 2.45) is 10.8 Å². The maximum atomic E-state index is 11.6. The predicted molar refractivity (Wildman–Crippen MR) is 92.4 cm³/mol. The molecule has 0 bridgehead atoms. The smallest absolute Gasteiger partial charge is 0.337 e. The Morgan fingerprint density at radius 2 is 2.04 bits per heavy atom. The molecule has 0 heterocycles. The Hall–Kier alpha value is -2.93. The van der Waals surface area contributed by atoms with Gasteiger partial charge in [0.15, 0.2) is 5.11 Å². The summed E-state index contributed by atoms with van der Waals surface area (Å²) < 4.78 is 4.71. The number of carbonyl (C=O) groups is 1. The van der Waals surface area contributed by atoms with Gasteiger partial charge >= 0.3 is 5.97 Å². The number of phenolic OH excluding ortho intramolecular Hbond substituents is 1. The minimum atomic E-state index is -0.409. The van der Waals surface area contributed by atoms with E-state index in [1.807, 2.05) is 6.07 Å². The van der Waals surface area contributed by atoms with E-state index < -0.39 is 5.97 Å². The van der Waals surface area contributed by atoms with Crippen molar-refractivity contribution in [3.8, 4) is 16.9 Å². The number of hydrogen-bond donors (Lipinski definition) is 3. The van der Waals surface area contributed by atoms with Crippen molar-refractivity contribution >= 4 is 29.5 Å². The molecule has 0 aliphatic heterocycles. The molecule has 7 heteroatoms. The summed E-state index contributed by atoms with van der Waals surface area (Å²) in [5, 5.41) is 13.7. The van der Waals surface area contributed by atoms with Crippen molar-refractivity contribution in [3.05, 3.63) is 53.6 Å². The van der Waals surface area contributed by atoms with Crippen molar-refractivity contribution < 1.29 is 14.6 Å². The molecule has 2 rings (SSSR count). The summed E-state index contributed by atoms with van der Waals surface area (Å²) in [5.74, 6) is -0.348. The van der Waals surface area contributed by atoms with Gasteiger partial charge in [-0.25, -0.2) is 4.79 Å². The monoisotopic (exact) mass is 329 g/mol. The molecule has 0 saturated heterocycles. The maximum Gasteiger partial charge on any atom is 0.337 e. The van der Waals surface area contributed by atoms with E-state index in [1.54, 1.807) is 36.4 Å².